The van der Waals surface area contributed by atoms with E-state index in [1.54, 1.807) is 7.11 Å². The highest BCUT2D eigenvalue weighted by Crippen LogP contribution is 2.32. The van der Waals surface area contributed by atoms with Crippen molar-refractivity contribution < 1.29 is 4.74 Å². The summed E-state index contributed by atoms with van der Waals surface area (Å²) in [6, 6.07) is 5.79. The van der Waals surface area contributed by atoms with Gasteiger partial charge >= 0.3 is 0 Å². The minimum atomic E-state index is 0.360. The molecule has 0 bridgehead atoms. The molecule has 4 nitrogen and oxygen atoms in total. The molecule has 1 aliphatic rings. The largest absolute Gasteiger partial charge is 0.497 e. The van der Waals surface area contributed by atoms with E-state index >= 15 is 0 Å². The van der Waals surface area contributed by atoms with Gasteiger partial charge in [0.2, 0.25) is 0 Å². The SMILES string of the molecule is COc1ccc(NCC2(C)CCN(C)CC2)c(N)c1. The normalized spacial score (nSPS) is 19.1. The Morgan fingerprint density at radius 3 is 2.63 bits per heavy atom. The number of benzene rings is 1. The Kier molecular flexibility index (Phi) is 4.20. The van der Waals surface area contributed by atoms with Gasteiger partial charge in [0.15, 0.2) is 0 Å². The van der Waals surface area contributed by atoms with Crippen LogP contribution < -0.4 is 15.8 Å². The summed E-state index contributed by atoms with van der Waals surface area (Å²) >= 11 is 0. The molecule has 0 atom stereocenters. The maximum atomic E-state index is 6.03. The zero-order chi connectivity index (χ0) is 13.9. The predicted octanol–water partition coefficient (Wildman–Crippen LogP) is 2.42. The number of hydrogen-bond donors (Lipinski definition) is 2. The molecule has 1 heterocycles. The molecule has 1 aliphatic heterocycles. The highest BCUT2D eigenvalue weighted by Gasteiger charge is 2.28. The first kappa shape index (κ1) is 14.0. The first-order valence-electron chi connectivity index (χ1n) is 6.88. The summed E-state index contributed by atoms with van der Waals surface area (Å²) in [6.07, 6.45) is 2.46. The van der Waals surface area contributed by atoms with Crippen LogP contribution in [0.15, 0.2) is 18.2 Å². The molecule has 4 heteroatoms. The monoisotopic (exact) mass is 263 g/mol. The number of hydrogen-bond acceptors (Lipinski definition) is 4. The minimum absolute atomic E-state index is 0.360. The lowest BCUT2D eigenvalue weighted by molar-refractivity contribution is 0.150. The van der Waals surface area contributed by atoms with Gasteiger partial charge in [-0.1, -0.05) is 6.92 Å². The van der Waals surface area contributed by atoms with Crippen LogP contribution in [0.25, 0.3) is 0 Å². The van der Waals surface area contributed by atoms with Crippen molar-refractivity contribution >= 4 is 11.4 Å². The van der Waals surface area contributed by atoms with E-state index in [1.165, 1.54) is 25.9 Å². The van der Waals surface area contributed by atoms with Crippen LogP contribution >= 0.6 is 0 Å². The summed E-state index contributed by atoms with van der Waals surface area (Å²) in [7, 11) is 3.84. The lowest BCUT2D eigenvalue weighted by atomic mass is 9.80. The van der Waals surface area contributed by atoms with Gasteiger partial charge in [0.05, 0.1) is 18.5 Å². The number of piperidine rings is 1. The summed E-state index contributed by atoms with van der Waals surface area (Å²) in [6.45, 7) is 5.68. The molecule has 19 heavy (non-hydrogen) atoms. The Bertz CT molecular complexity index is 425. The molecule has 0 radical (unpaired) electrons. The fourth-order valence-electron chi connectivity index (χ4n) is 2.47. The zero-order valence-electron chi connectivity index (χ0n) is 12.2. The smallest absolute Gasteiger partial charge is 0.121 e. The van der Waals surface area contributed by atoms with Gasteiger partial charge in [0.1, 0.15) is 5.75 Å². The van der Waals surface area contributed by atoms with E-state index < -0.39 is 0 Å². The number of nitrogens with one attached hydrogen (secondary N) is 1. The molecule has 1 aromatic rings. The molecular weight excluding hydrogens is 238 g/mol. The fourth-order valence-corrected chi connectivity index (χ4v) is 2.47. The van der Waals surface area contributed by atoms with E-state index in [0.29, 0.717) is 5.41 Å². The molecule has 0 spiro atoms. The maximum absolute atomic E-state index is 6.03. The van der Waals surface area contributed by atoms with Crippen molar-refractivity contribution in [1.82, 2.24) is 4.90 Å². The lowest BCUT2D eigenvalue weighted by Crippen LogP contribution is -2.40. The summed E-state index contributed by atoms with van der Waals surface area (Å²) in [5.41, 5.74) is 8.13. The number of nitrogens with zero attached hydrogens (tertiary/aromatic N) is 1. The minimum Gasteiger partial charge on any atom is -0.497 e. The number of ether oxygens (including phenoxy) is 1. The average Bonchev–Trinajstić information content (AvgIpc) is 2.41. The first-order chi connectivity index (χ1) is 9.02. The van der Waals surface area contributed by atoms with Gasteiger partial charge in [-0.25, -0.2) is 0 Å². The molecule has 0 unspecified atom stereocenters. The molecule has 1 saturated heterocycles. The van der Waals surface area contributed by atoms with Gasteiger partial charge in [-0.3, -0.25) is 0 Å². The van der Waals surface area contributed by atoms with E-state index in [1.807, 2.05) is 18.2 Å². The molecule has 1 aromatic carbocycles. The number of nitrogens with two attached hydrogens (primary N) is 1. The summed E-state index contributed by atoms with van der Waals surface area (Å²) in [4.78, 5) is 2.39. The van der Waals surface area contributed by atoms with Crippen molar-refractivity contribution in [2.45, 2.75) is 19.8 Å². The third-order valence-corrected chi connectivity index (χ3v) is 4.16. The molecule has 1 fully saturated rings. The summed E-state index contributed by atoms with van der Waals surface area (Å²) in [5, 5.41) is 3.49. The quantitative estimate of drug-likeness (QED) is 0.819. The Morgan fingerprint density at radius 2 is 2.05 bits per heavy atom. The predicted molar refractivity (Wildman–Crippen MR) is 80.7 cm³/mol. The van der Waals surface area contributed by atoms with Crippen molar-refractivity contribution in [2.75, 3.05) is 44.8 Å². The number of likely N-dealkylation sites (tertiary alicyclic amines) is 1. The van der Waals surface area contributed by atoms with Crippen LogP contribution in [0.3, 0.4) is 0 Å². The van der Waals surface area contributed by atoms with E-state index in [9.17, 15) is 0 Å². The Morgan fingerprint density at radius 1 is 1.37 bits per heavy atom. The van der Waals surface area contributed by atoms with Crippen LogP contribution in [-0.2, 0) is 0 Å². The van der Waals surface area contributed by atoms with Crippen LogP contribution in [0.2, 0.25) is 0 Å². The molecule has 0 aliphatic carbocycles. The number of nitrogen functional groups attached to an aromatic ring is 1. The first-order valence-corrected chi connectivity index (χ1v) is 6.88. The van der Waals surface area contributed by atoms with Crippen LogP contribution in [-0.4, -0.2) is 38.7 Å². The summed E-state index contributed by atoms with van der Waals surface area (Å²) in [5.74, 6) is 0.800. The third kappa shape index (κ3) is 3.53. The highest BCUT2D eigenvalue weighted by molar-refractivity contribution is 5.68. The van der Waals surface area contributed by atoms with E-state index in [0.717, 1.165) is 23.7 Å². The molecule has 0 amide bonds. The second-order valence-electron chi connectivity index (χ2n) is 5.92. The van der Waals surface area contributed by atoms with Gasteiger partial charge in [0, 0.05) is 12.6 Å². The van der Waals surface area contributed by atoms with Crippen LogP contribution in [0, 0.1) is 5.41 Å². The second kappa shape index (κ2) is 5.70. The molecule has 3 N–H and O–H groups in total. The molecule has 0 saturated carbocycles. The van der Waals surface area contributed by atoms with Crippen molar-refractivity contribution in [2.24, 2.45) is 5.41 Å². The van der Waals surface area contributed by atoms with Gasteiger partial charge in [-0.05, 0) is 50.5 Å². The maximum Gasteiger partial charge on any atom is 0.121 e. The Hall–Kier alpha value is -1.42. The van der Waals surface area contributed by atoms with E-state index in [4.69, 9.17) is 10.5 Å². The highest BCUT2D eigenvalue weighted by atomic mass is 16.5. The van der Waals surface area contributed by atoms with Crippen molar-refractivity contribution in [3.8, 4) is 5.75 Å². The third-order valence-electron chi connectivity index (χ3n) is 4.16. The van der Waals surface area contributed by atoms with E-state index in [-0.39, 0.29) is 0 Å². The molecule has 106 valence electrons. The number of methoxy groups -OCH3 is 1. The number of rotatable bonds is 4. The zero-order valence-corrected chi connectivity index (χ0v) is 12.2. The lowest BCUT2D eigenvalue weighted by Gasteiger charge is -2.38. The van der Waals surface area contributed by atoms with Crippen LogP contribution in [0.4, 0.5) is 11.4 Å². The van der Waals surface area contributed by atoms with Crippen LogP contribution in [0.5, 0.6) is 5.75 Å². The Labute approximate surface area is 115 Å². The van der Waals surface area contributed by atoms with Gasteiger partial charge < -0.3 is 20.7 Å². The van der Waals surface area contributed by atoms with E-state index in [2.05, 4.69) is 24.2 Å². The fraction of sp³-hybridized carbons (Fsp3) is 0.600. The van der Waals surface area contributed by atoms with Gasteiger partial charge in [-0.15, -0.1) is 0 Å². The second-order valence-corrected chi connectivity index (χ2v) is 5.92. The topological polar surface area (TPSA) is 50.5 Å². The van der Waals surface area contributed by atoms with Crippen molar-refractivity contribution in [3.05, 3.63) is 18.2 Å². The van der Waals surface area contributed by atoms with Gasteiger partial charge in [0.25, 0.3) is 0 Å². The van der Waals surface area contributed by atoms with Crippen LogP contribution in [0.1, 0.15) is 19.8 Å². The number of anilines is 2. The van der Waals surface area contributed by atoms with Crippen molar-refractivity contribution in [1.29, 1.82) is 0 Å². The summed E-state index contributed by atoms with van der Waals surface area (Å²) < 4.78 is 5.16. The van der Waals surface area contributed by atoms with Crippen molar-refractivity contribution in [3.63, 3.8) is 0 Å². The van der Waals surface area contributed by atoms with Gasteiger partial charge in [-0.2, -0.15) is 0 Å². The molecule has 2 rings (SSSR count). The average molecular weight is 263 g/mol. The molecular formula is C15H25N3O. The Balaban J connectivity index is 1.95. The molecule has 0 aromatic heterocycles. The standard InChI is InChI=1S/C15H25N3O/c1-15(6-8-18(2)9-7-15)11-17-14-5-4-12(19-3)10-13(14)16/h4-5,10,17H,6-9,11,16H2,1-3H3.